The minimum Gasteiger partial charge on any atom is -0.469 e. The van der Waals surface area contributed by atoms with Gasteiger partial charge in [-0.15, -0.1) is 0 Å². The largest absolute Gasteiger partial charge is 0.469 e. The molecule has 0 aliphatic rings. The SMILES string of the molecule is COC(=O)C(C)Cc1c(C)nn(-c2ccc(F)cc2)c1C. The number of nitrogens with zero attached hydrogens (tertiary/aromatic N) is 2. The molecule has 0 aliphatic carbocycles. The molecule has 0 radical (unpaired) electrons. The monoisotopic (exact) mass is 290 g/mol. The van der Waals surface area contributed by atoms with Crippen LogP contribution in [-0.2, 0) is 16.0 Å². The van der Waals surface area contributed by atoms with Crippen molar-refractivity contribution >= 4 is 5.97 Å². The molecule has 21 heavy (non-hydrogen) atoms. The Labute approximate surface area is 123 Å². The second-order valence-corrected chi connectivity index (χ2v) is 5.17. The molecule has 1 aromatic heterocycles. The zero-order chi connectivity index (χ0) is 15.6. The van der Waals surface area contributed by atoms with Gasteiger partial charge in [0.1, 0.15) is 5.82 Å². The van der Waals surface area contributed by atoms with Crippen LogP contribution in [0.25, 0.3) is 5.69 Å². The molecule has 5 heteroatoms. The Hall–Kier alpha value is -2.17. The number of carbonyl (C=O) groups excluding carboxylic acids is 1. The van der Waals surface area contributed by atoms with E-state index in [1.54, 1.807) is 16.8 Å². The Kier molecular flexibility index (Phi) is 4.40. The number of ether oxygens (including phenoxy) is 1. The molecule has 4 nitrogen and oxygen atoms in total. The highest BCUT2D eigenvalue weighted by Crippen LogP contribution is 2.21. The first-order valence-electron chi connectivity index (χ1n) is 6.83. The summed E-state index contributed by atoms with van der Waals surface area (Å²) in [4.78, 5) is 11.6. The maximum Gasteiger partial charge on any atom is 0.308 e. The minimum absolute atomic E-state index is 0.224. The summed E-state index contributed by atoms with van der Waals surface area (Å²) >= 11 is 0. The van der Waals surface area contributed by atoms with Crippen molar-refractivity contribution in [2.45, 2.75) is 27.2 Å². The van der Waals surface area contributed by atoms with Crippen LogP contribution in [0.5, 0.6) is 0 Å². The molecular weight excluding hydrogens is 271 g/mol. The van der Waals surface area contributed by atoms with Crippen LogP contribution in [0.15, 0.2) is 24.3 Å². The summed E-state index contributed by atoms with van der Waals surface area (Å²) in [5.74, 6) is -0.735. The quantitative estimate of drug-likeness (QED) is 0.813. The number of benzene rings is 1. The fourth-order valence-corrected chi connectivity index (χ4v) is 2.39. The molecule has 1 unspecified atom stereocenters. The van der Waals surface area contributed by atoms with Crippen molar-refractivity contribution < 1.29 is 13.9 Å². The van der Waals surface area contributed by atoms with E-state index in [2.05, 4.69) is 5.10 Å². The maximum absolute atomic E-state index is 13.0. The van der Waals surface area contributed by atoms with Crippen LogP contribution >= 0.6 is 0 Å². The summed E-state index contributed by atoms with van der Waals surface area (Å²) in [6, 6.07) is 6.18. The molecule has 0 amide bonds. The van der Waals surface area contributed by atoms with Gasteiger partial charge < -0.3 is 4.74 Å². The van der Waals surface area contributed by atoms with E-state index >= 15 is 0 Å². The third kappa shape index (κ3) is 3.12. The average molecular weight is 290 g/mol. The van der Waals surface area contributed by atoms with Crippen LogP contribution < -0.4 is 0 Å². The molecule has 0 saturated heterocycles. The van der Waals surface area contributed by atoms with Gasteiger partial charge in [0, 0.05) is 5.69 Å². The van der Waals surface area contributed by atoms with E-state index < -0.39 is 0 Å². The summed E-state index contributed by atoms with van der Waals surface area (Å²) in [5.41, 5.74) is 3.65. The molecular formula is C16H19FN2O2. The number of carbonyl (C=O) groups is 1. The molecule has 2 rings (SSSR count). The lowest BCUT2D eigenvalue weighted by molar-refractivity contribution is -0.144. The van der Waals surface area contributed by atoms with Crippen molar-refractivity contribution in [3.05, 3.63) is 47.0 Å². The molecule has 0 spiro atoms. The van der Waals surface area contributed by atoms with Gasteiger partial charge in [-0.3, -0.25) is 4.79 Å². The molecule has 1 aromatic carbocycles. The lowest BCUT2D eigenvalue weighted by Gasteiger charge is -2.10. The topological polar surface area (TPSA) is 44.1 Å². The molecule has 112 valence electrons. The molecule has 0 N–H and O–H groups in total. The summed E-state index contributed by atoms with van der Waals surface area (Å²) in [6.07, 6.45) is 0.575. The van der Waals surface area contributed by atoms with Gasteiger partial charge >= 0.3 is 5.97 Å². The fourth-order valence-electron chi connectivity index (χ4n) is 2.39. The van der Waals surface area contributed by atoms with Crippen LogP contribution in [0.1, 0.15) is 23.9 Å². The third-order valence-corrected chi connectivity index (χ3v) is 3.63. The van der Waals surface area contributed by atoms with Gasteiger partial charge in [0.25, 0.3) is 0 Å². The Balaban J connectivity index is 2.33. The first kappa shape index (κ1) is 15.2. The predicted molar refractivity (Wildman–Crippen MR) is 77.9 cm³/mol. The van der Waals surface area contributed by atoms with Crippen LogP contribution in [0.4, 0.5) is 4.39 Å². The number of hydrogen-bond acceptors (Lipinski definition) is 3. The summed E-state index contributed by atoms with van der Waals surface area (Å²) in [7, 11) is 1.39. The summed E-state index contributed by atoms with van der Waals surface area (Å²) in [5, 5.41) is 4.49. The van der Waals surface area contributed by atoms with E-state index in [-0.39, 0.29) is 17.7 Å². The van der Waals surface area contributed by atoms with E-state index in [0.717, 1.165) is 22.6 Å². The Morgan fingerprint density at radius 3 is 2.52 bits per heavy atom. The summed E-state index contributed by atoms with van der Waals surface area (Å²) in [6.45, 7) is 5.69. The van der Waals surface area contributed by atoms with E-state index in [9.17, 15) is 9.18 Å². The van der Waals surface area contributed by atoms with Crippen LogP contribution in [0.3, 0.4) is 0 Å². The van der Waals surface area contributed by atoms with E-state index in [1.807, 2.05) is 20.8 Å². The number of hydrogen-bond donors (Lipinski definition) is 0. The Morgan fingerprint density at radius 2 is 1.95 bits per heavy atom. The van der Waals surface area contributed by atoms with Crippen molar-refractivity contribution in [1.29, 1.82) is 0 Å². The van der Waals surface area contributed by atoms with Gasteiger partial charge in [0.15, 0.2) is 0 Å². The molecule has 1 heterocycles. The minimum atomic E-state index is -0.278. The van der Waals surface area contributed by atoms with Gasteiger partial charge in [0.05, 0.1) is 24.4 Å². The van der Waals surface area contributed by atoms with Gasteiger partial charge in [0.2, 0.25) is 0 Å². The van der Waals surface area contributed by atoms with Gasteiger partial charge in [-0.05, 0) is 50.1 Å². The van der Waals surface area contributed by atoms with E-state index in [1.165, 1.54) is 19.2 Å². The van der Waals surface area contributed by atoms with Crippen LogP contribution in [0.2, 0.25) is 0 Å². The predicted octanol–water partition coefficient (Wildman–Crippen LogP) is 2.98. The lowest BCUT2D eigenvalue weighted by Crippen LogP contribution is -2.15. The molecule has 2 aromatic rings. The van der Waals surface area contributed by atoms with Gasteiger partial charge in [-0.2, -0.15) is 5.10 Å². The third-order valence-electron chi connectivity index (χ3n) is 3.63. The first-order chi connectivity index (χ1) is 9.93. The summed E-state index contributed by atoms with van der Waals surface area (Å²) < 4.78 is 19.5. The smallest absolute Gasteiger partial charge is 0.308 e. The number of esters is 1. The van der Waals surface area contributed by atoms with Crippen molar-refractivity contribution in [3.63, 3.8) is 0 Å². The van der Waals surface area contributed by atoms with E-state index in [4.69, 9.17) is 4.74 Å². The Bertz CT molecular complexity index is 647. The zero-order valence-corrected chi connectivity index (χ0v) is 12.7. The van der Waals surface area contributed by atoms with E-state index in [0.29, 0.717) is 6.42 Å². The highest BCUT2D eigenvalue weighted by Gasteiger charge is 2.20. The number of aromatic nitrogens is 2. The number of rotatable bonds is 4. The zero-order valence-electron chi connectivity index (χ0n) is 12.7. The van der Waals surface area contributed by atoms with Gasteiger partial charge in [-0.1, -0.05) is 6.92 Å². The maximum atomic E-state index is 13.0. The Morgan fingerprint density at radius 1 is 1.33 bits per heavy atom. The number of methoxy groups -OCH3 is 1. The molecule has 0 saturated carbocycles. The first-order valence-corrected chi connectivity index (χ1v) is 6.83. The van der Waals surface area contributed by atoms with Crippen molar-refractivity contribution in [3.8, 4) is 5.69 Å². The molecule has 0 bridgehead atoms. The molecule has 1 atom stereocenters. The average Bonchev–Trinajstić information content (AvgIpc) is 2.75. The lowest BCUT2D eigenvalue weighted by atomic mass is 10.00. The highest BCUT2D eigenvalue weighted by atomic mass is 19.1. The van der Waals surface area contributed by atoms with Crippen LogP contribution in [0, 0.1) is 25.6 Å². The standard InChI is InChI=1S/C16H19FN2O2/c1-10(16(20)21-4)9-15-11(2)18-19(12(15)3)14-7-5-13(17)6-8-14/h5-8,10H,9H2,1-4H3. The van der Waals surface area contributed by atoms with Crippen molar-refractivity contribution in [2.75, 3.05) is 7.11 Å². The number of aryl methyl sites for hydroxylation is 1. The van der Waals surface area contributed by atoms with Gasteiger partial charge in [-0.25, -0.2) is 9.07 Å². The van der Waals surface area contributed by atoms with Crippen molar-refractivity contribution in [2.24, 2.45) is 5.92 Å². The fraction of sp³-hybridized carbons (Fsp3) is 0.375. The van der Waals surface area contributed by atoms with Crippen LogP contribution in [-0.4, -0.2) is 22.9 Å². The molecule has 0 aliphatic heterocycles. The second kappa shape index (κ2) is 6.08. The number of halogens is 1. The molecule has 0 fully saturated rings. The normalized spacial score (nSPS) is 12.2. The highest BCUT2D eigenvalue weighted by molar-refractivity contribution is 5.72. The second-order valence-electron chi connectivity index (χ2n) is 5.17. The van der Waals surface area contributed by atoms with Crippen molar-refractivity contribution in [1.82, 2.24) is 9.78 Å².